The van der Waals surface area contributed by atoms with Crippen molar-refractivity contribution in [2.45, 2.75) is 57.5 Å². The topological polar surface area (TPSA) is 80.9 Å². The normalized spacial score (nSPS) is 59.3. The van der Waals surface area contributed by atoms with Gasteiger partial charge in [-0.3, -0.25) is 0 Å². The van der Waals surface area contributed by atoms with Gasteiger partial charge in [0.1, 0.15) is 0 Å². The first-order valence-electron chi connectivity index (χ1n) is 7.03. The molecule has 0 heterocycles. The molecule has 0 spiro atoms. The Hall–Kier alpha value is -0.420. The molecule has 3 saturated carbocycles. The molecule has 4 nitrogen and oxygen atoms in total. The molecule has 7 atom stereocenters. The van der Waals surface area contributed by atoms with Gasteiger partial charge in [0.05, 0.1) is 23.9 Å². The van der Waals surface area contributed by atoms with Gasteiger partial charge in [0.25, 0.3) is 0 Å². The predicted octanol–water partition coefficient (Wildman–Crippen LogP) is 0.442. The first-order chi connectivity index (χ1) is 8.58. The monoisotopic (exact) mass is 268 g/mol. The Balaban J connectivity index is 2.18. The van der Waals surface area contributed by atoms with Crippen LogP contribution >= 0.6 is 0 Å². The predicted molar refractivity (Wildman–Crippen MR) is 70.2 cm³/mol. The highest BCUT2D eigenvalue weighted by molar-refractivity contribution is 5.37. The van der Waals surface area contributed by atoms with E-state index in [1.807, 2.05) is 20.8 Å². The number of aliphatic hydroxyl groups is 4. The second-order valence-electron chi connectivity index (χ2n) is 7.63. The van der Waals surface area contributed by atoms with Crippen molar-refractivity contribution in [3.63, 3.8) is 0 Å². The molecule has 4 heteroatoms. The van der Waals surface area contributed by atoms with E-state index in [0.717, 1.165) is 0 Å². The molecule has 0 bridgehead atoms. The van der Waals surface area contributed by atoms with E-state index >= 15 is 0 Å². The number of hydrogen-bond acceptors (Lipinski definition) is 4. The molecule has 7 unspecified atom stereocenters. The Morgan fingerprint density at radius 1 is 1.16 bits per heavy atom. The minimum Gasteiger partial charge on any atom is -0.393 e. The van der Waals surface area contributed by atoms with Gasteiger partial charge < -0.3 is 20.4 Å². The van der Waals surface area contributed by atoms with Crippen LogP contribution in [0.2, 0.25) is 0 Å². The molecule has 3 aliphatic carbocycles. The summed E-state index contributed by atoms with van der Waals surface area (Å²) in [5.41, 5.74) is -1.89. The molecule has 0 amide bonds. The Kier molecular flexibility index (Phi) is 2.44. The summed E-state index contributed by atoms with van der Waals surface area (Å²) < 4.78 is 0. The minimum absolute atomic E-state index is 0.285. The fourth-order valence-electron chi connectivity index (χ4n) is 5.50. The molecule has 0 aliphatic heterocycles. The van der Waals surface area contributed by atoms with Crippen molar-refractivity contribution in [1.29, 1.82) is 0 Å². The summed E-state index contributed by atoms with van der Waals surface area (Å²) in [7, 11) is 0. The summed E-state index contributed by atoms with van der Waals surface area (Å²) in [5, 5.41) is 42.2. The molecule has 0 radical (unpaired) electrons. The van der Waals surface area contributed by atoms with Gasteiger partial charge in [-0.05, 0) is 23.8 Å². The van der Waals surface area contributed by atoms with E-state index in [-0.39, 0.29) is 11.8 Å². The summed E-state index contributed by atoms with van der Waals surface area (Å²) >= 11 is 0. The van der Waals surface area contributed by atoms with E-state index in [1.54, 1.807) is 0 Å². The van der Waals surface area contributed by atoms with Gasteiger partial charge in [0.15, 0.2) is 0 Å². The average molecular weight is 268 g/mol. The van der Waals surface area contributed by atoms with Crippen molar-refractivity contribution in [2.24, 2.45) is 22.7 Å². The number of aliphatic hydroxyl groups excluding tert-OH is 3. The molecular formula is C15H24O4. The summed E-state index contributed by atoms with van der Waals surface area (Å²) in [6, 6.07) is 0. The molecule has 3 fully saturated rings. The number of rotatable bonds is 0. The van der Waals surface area contributed by atoms with Gasteiger partial charge in [0, 0.05) is 17.3 Å². The van der Waals surface area contributed by atoms with Gasteiger partial charge >= 0.3 is 0 Å². The zero-order valence-corrected chi connectivity index (χ0v) is 11.8. The molecule has 108 valence electrons. The van der Waals surface area contributed by atoms with Gasteiger partial charge in [0.2, 0.25) is 0 Å². The van der Waals surface area contributed by atoms with E-state index in [2.05, 4.69) is 6.58 Å². The van der Waals surface area contributed by atoms with Crippen LogP contribution in [-0.2, 0) is 0 Å². The van der Waals surface area contributed by atoms with Gasteiger partial charge in [-0.15, -0.1) is 0 Å². The average Bonchev–Trinajstić information content (AvgIpc) is 2.69. The van der Waals surface area contributed by atoms with E-state index < -0.39 is 34.7 Å². The van der Waals surface area contributed by atoms with Crippen LogP contribution in [0.1, 0.15) is 33.6 Å². The lowest BCUT2D eigenvalue weighted by Gasteiger charge is -2.42. The molecule has 0 saturated heterocycles. The highest BCUT2D eigenvalue weighted by atomic mass is 16.3. The van der Waals surface area contributed by atoms with Crippen molar-refractivity contribution in [1.82, 2.24) is 0 Å². The van der Waals surface area contributed by atoms with Crippen LogP contribution in [0.15, 0.2) is 12.2 Å². The van der Waals surface area contributed by atoms with Crippen LogP contribution < -0.4 is 0 Å². The van der Waals surface area contributed by atoms with Crippen LogP contribution in [-0.4, -0.2) is 44.3 Å². The van der Waals surface area contributed by atoms with Crippen LogP contribution in [0, 0.1) is 22.7 Å². The Morgan fingerprint density at radius 3 is 2.32 bits per heavy atom. The maximum Gasteiger partial charge on any atom is 0.0973 e. The van der Waals surface area contributed by atoms with E-state index in [1.165, 1.54) is 0 Å². The van der Waals surface area contributed by atoms with Crippen LogP contribution in [0.3, 0.4) is 0 Å². The fraction of sp³-hybridized carbons (Fsp3) is 0.867. The van der Waals surface area contributed by atoms with E-state index in [9.17, 15) is 20.4 Å². The SMILES string of the molecule is C=C1C(O)CC2C(O)C3(C)CC(O)C(C)(C)C3C12O. The summed E-state index contributed by atoms with van der Waals surface area (Å²) in [6.45, 7) is 9.67. The lowest BCUT2D eigenvalue weighted by atomic mass is 9.65. The lowest BCUT2D eigenvalue weighted by molar-refractivity contribution is -0.0641. The van der Waals surface area contributed by atoms with Crippen molar-refractivity contribution >= 4 is 0 Å². The highest BCUT2D eigenvalue weighted by Crippen LogP contribution is 2.71. The van der Waals surface area contributed by atoms with Crippen LogP contribution in [0.5, 0.6) is 0 Å². The van der Waals surface area contributed by atoms with Crippen LogP contribution in [0.4, 0.5) is 0 Å². The van der Waals surface area contributed by atoms with Crippen molar-refractivity contribution in [3.8, 4) is 0 Å². The van der Waals surface area contributed by atoms with Gasteiger partial charge in [-0.25, -0.2) is 0 Å². The maximum absolute atomic E-state index is 11.2. The molecule has 0 aromatic carbocycles. The van der Waals surface area contributed by atoms with Gasteiger partial charge in [-0.1, -0.05) is 27.4 Å². The first kappa shape index (κ1) is 13.6. The summed E-state index contributed by atoms with van der Waals surface area (Å²) in [6.07, 6.45) is -1.20. The molecule has 4 N–H and O–H groups in total. The lowest BCUT2D eigenvalue weighted by Crippen LogP contribution is -2.48. The molecule has 3 rings (SSSR count). The first-order valence-corrected chi connectivity index (χ1v) is 7.03. The Morgan fingerprint density at radius 2 is 1.74 bits per heavy atom. The third-order valence-electron chi connectivity index (χ3n) is 6.35. The number of hydrogen-bond donors (Lipinski definition) is 4. The molecule has 3 aliphatic rings. The molecular weight excluding hydrogens is 244 g/mol. The molecule has 19 heavy (non-hydrogen) atoms. The van der Waals surface area contributed by atoms with Crippen molar-refractivity contribution in [2.75, 3.05) is 0 Å². The molecule has 0 aromatic rings. The smallest absolute Gasteiger partial charge is 0.0973 e. The number of fused-ring (bicyclic) bond motifs is 3. The maximum atomic E-state index is 11.2. The van der Waals surface area contributed by atoms with Crippen LogP contribution in [0.25, 0.3) is 0 Å². The summed E-state index contributed by atoms with van der Waals surface area (Å²) in [5.74, 6) is -0.663. The van der Waals surface area contributed by atoms with E-state index in [4.69, 9.17) is 0 Å². The highest BCUT2D eigenvalue weighted by Gasteiger charge is 2.76. The Labute approximate surface area is 113 Å². The van der Waals surface area contributed by atoms with E-state index in [0.29, 0.717) is 18.4 Å². The molecule has 0 aromatic heterocycles. The summed E-state index contributed by atoms with van der Waals surface area (Å²) in [4.78, 5) is 0. The van der Waals surface area contributed by atoms with Crippen molar-refractivity contribution in [3.05, 3.63) is 12.2 Å². The zero-order chi connectivity index (χ0) is 14.4. The zero-order valence-electron chi connectivity index (χ0n) is 11.8. The van der Waals surface area contributed by atoms with Gasteiger partial charge in [-0.2, -0.15) is 0 Å². The standard InChI is InChI=1S/C15H24O4/c1-7-9(16)5-8-11(18)14(4)6-10(17)13(2,3)12(14)15(7,8)19/h8-12,16-19H,1,5-6H2,2-4H3. The third-order valence-corrected chi connectivity index (χ3v) is 6.35. The van der Waals surface area contributed by atoms with Crippen molar-refractivity contribution < 1.29 is 20.4 Å². The minimum atomic E-state index is -1.27. The fourth-order valence-corrected chi connectivity index (χ4v) is 5.50. The largest absolute Gasteiger partial charge is 0.393 e. The Bertz CT molecular complexity index is 445. The second-order valence-corrected chi connectivity index (χ2v) is 7.63. The quantitative estimate of drug-likeness (QED) is 0.481. The second kappa shape index (κ2) is 3.42. The third kappa shape index (κ3) is 1.24.